The van der Waals surface area contributed by atoms with Crippen LogP contribution < -0.4 is 9.62 Å². The molecule has 0 radical (unpaired) electrons. The molecule has 4 rings (SSSR count). The van der Waals surface area contributed by atoms with E-state index in [-0.39, 0.29) is 22.5 Å². The van der Waals surface area contributed by atoms with E-state index in [2.05, 4.69) is 4.72 Å². The topological polar surface area (TPSA) is 66.5 Å². The maximum absolute atomic E-state index is 12.9. The van der Waals surface area contributed by atoms with E-state index in [4.69, 9.17) is 0 Å². The summed E-state index contributed by atoms with van der Waals surface area (Å²) in [6.45, 7) is 0.933. The van der Waals surface area contributed by atoms with Crippen LogP contribution >= 0.6 is 0 Å². The van der Waals surface area contributed by atoms with Crippen LogP contribution in [0, 0.1) is 11.7 Å². The average Bonchev–Trinajstić information content (AvgIpc) is 3.45. The van der Waals surface area contributed by atoms with Crippen molar-refractivity contribution in [1.82, 2.24) is 4.72 Å². The second kappa shape index (κ2) is 7.64. The molecule has 7 heteroatoms. The summed E-state index contributed by atoms with van der Waals surface area (Å²) in [7, 11) is -3.60. The molecule has 1 aliphatic heterocycles. The highest BCUT2D eigenvalue weighted by Gasteiger charge is 2.36. The number of amides is 1. The van der Waals surface area contributed by atoms with Crippen molar-refractivity contribution in [3.05, 3.63) is 59.4 Å². The van der Waals surface area contributed by atoms with Crippen molar-refractivity contribution in [1.29, 1.82) is 0 Å². The van der Waals surface area contributed by atoms with Crippen molar-refractivity contribution >= 4 is 21.6 Å². The van der Waals surface area contributed by atoms with Crippen molar-refractivity contribution in [2.75, 3.05) is 18.0 Å². The fourth-order valence-electron chi connectivity index (χ4n) is 3.56. The van der Waals surface area contributed by atoms with Crippen LogP contribution in [-0.4, -0.2) is 27.4 Å². The van der Waals surface area contributed by atoms with Crippen molar-refractivity contribution in [2.24, 2.45) is 5.92 Å². The van der Waals surface area contributed by atoms with Gasteiger partial charge in [0.1, 0.15) is 5.82 Å². The van der Waals surface area contributed by atoms with Crippen LogP contribution in [-0.2, 0) is 27.7 Å². The number of carbonyl (C=O) groups is 1. The second-order valence-corrected chi connectivity index (χ2v) is 9.20. The van der Waals surface area contributed by atoms with Crippen LogP contribution in [0.1, 0.15) is 30.4 Å². The van der Waals surface area contributed by atoms with Gasteiger partial charge in [0.25, 0.3) is 0 Å². The number of sulfonamides is 1. The van der Waals surface area contributed by atoms with E-state index in [0.29, 0.717) is 32.4 Å². The molecule has 1 aliphatic carbocycles. The molecule has 5 nitrogen and oxygen atoms in total. The Balaban J connectivity index is 1.36. The fraction of sp³-hybridized carbons (Fsp3) is 0.381. The van der Waals surface area contributed by atoms with Gasteiger partial charge in [-0.25, -0.2) is 17.5 Å². The predicted molar refractivity (Wildman–Crippen MR) is 105 cm³/mol. The molecule has 1 N–H and O–H groups in total. The summed E-state index contributed by atoms with van der Waals surface area (Å²) in [5, 5.41) is 0. The zero-order valence-corrected chi connectivity index (χ0v) is 16.3. The first-order chi connectivity index (χ1) is 13.4. The van der Waals surface area contributed by atoms with Crippen LogP contribution in [0.15, 0.2) is 47.4 Å². The molecule has 1 amide bonds. The van der Waals surface area contributed by atoms with E-state index in [1.54, 1.807) is 35.2 Å². The number of hydrogen-bond donors (Lipinski definition) is 1. The van der Waals surface area contributed by atoms with Crippen LogP contribution in [0.25, 0.3) is 0 Å². The van der Waals surface area contributed by atoms with Gasteiger partial charge in [0.05, 0.1) is 4.90 Å². The lowest BCUT2D eigenvalue weighted by atomic mass is 10.1. The fourth-order valence-corrected chi connectivity index (χ4v) is 4.68. The highest BCUT2D eigenvalue weighted by Crippen LogP contribution is 2.37. The van der Waals surface area contributed by atoms with Crippen LogP contribution in [0.5, 0.6) is 0 Å². The minimum absolute atomic E-state index is 0.150. The van der Waals surface area contributed by atoms with Gasteiger partial charge in [0.15, 0.2) is 0 Å². The largest absolute Gasteiger partial charge is 0.312 e. The Bertz CT molecular complexity index is 985. The Morgan fingerprint density at radius 3 is 2.61 bits per heavy atom. The monoisotopic (exact) mass is 402 g/mol. The Kier molecular flexibility index (Phi) is 5.21. The molecule has 1 heterocycles. The van der Waals surface area contributed by atoms with Gasteiger partial charge in [-0.3, -0.25) is 4.79 Å². The molecule has 0 aromatic heterocycles. The summed E-state index contributed by atoms with van der Waals surface area (Å²) in [5.74, 6) is 0.0314. The Morgan fingerprint density at radius 1 is 1.14 bits per heavy atom. The first-order valence-corrected chi connectivity index (χ1v) is 11.1. The van der Waals surface area contributed by atoms with E-state index < -0.39 is 10.0 Å². The zero-order valence-electron chi connectivity index (χ0n) is 15.5. The first-order valence-electron chi connectivity index (χ1n) is 9.62. The van der Waals surface area contributed by atoms with Gasteiger partial charge in [-0.15, -0.1) is 0 Å². The molecular formula is C21H23FN2O3S. The summed E-state index contributed by atoms with van der Waals surface area (Å²) in [6.07, 6.45) is 3.89. The van der Waals surface area contributed by atoms with Crippen molar-refractivity contribution in [2.45, 2.75) is 37.0 Å². The maximum Gasteiger partial charge on any atom is 0.240 e. The van der Waals surface area contributed by atoms with Crippen molar-refractivity contribution in [3.63, 3.8) is 0 Å². The number of rotatable bonds is 7. The molecule has 1 saturated carbocycles. The van der Waals surface area contributed by atoms with Crippen molar-refractivity contribution in [3.8, 4) is 0 Å². The molecule has 2 aromatic rings. The van der Waals surface area contributed by atoms with Gasteiger partial charge in [0.2, 0.25) is 15.9 Å². The number of fused-ring (bicyclic) bond motifs is 1. The maximum atomic E-state index is 12.9. The minimum atomic E-state index is -3.60. The van der Waals surface area contributed by atoms with Crippen LogP contribution in [0.3, 0.4) is 0 Å². The summed E-state index contributed by atoms with van der Waals surface area (Å²) in [6, 6.07) is 11.2. The number of carbonyl (C=O) groups excluding carboxylic acids is 1. The normalized spacial score (nSPS) is 16.2. The highest BCUT2D eigenvalue weighted by molar-refractivity contribution is 7.89. The molecule has 2 aliphatic rings. The number of benzene rings is 2. The molecular weight excluding hydrogens is 379 g/mol. The van der Waals surface area contributed by atoms with E-state index >= 15 is 0 Å². The van der Waals surface area contributed by atoms with Gasteiger partial charge < -0.3 is 4.90 Å². The number of hydrogen-bond acceptors (Lipinski definition) is 3. The van der Waals surface area contributed by atoms with Gasteiger partial charge in [0, 0.05) is 24.7 Å². The number of nitrogens with zero attached hydrogens (tertiary/aromatic N) is 1. The summed E-state index contributed by atoms with van der Waals surface area (Å²) < 4.78 is 40.7. The number of aryl methyl sites for hydroxylation is 1. The summed E-state index contributed by atoms with van der Waals surface area (Å²) in [4.78, 5) is 14.4. The molecule has 148 valence electrons. The average molecular weight is 402 g/mol. The molecule has 0 unspecified atom stereocenters. The molecule has 0 atom stereocenters. The lowest BCUT2D eigenvalue weighted by molar-refractivity contribution is -0.119. The third-order valence-corrected chi connectivity index (χ3v) is 6.76. The molecule has 0 spiro atoms. The Morgan fingerprint density at radius 2 is 1.89 bits per heavy atom. The third kappa shape index (κ3) is 4.10. The smallest absolute Gasteiger partial charge is 0.240 e. The van der Waals surface area contributed by atoms with E-state index in [9.17, 15) is 17.6 Å². The number of nitrogens with one attached hydrogen (secondary N) is 1. The van der Waals surface area contributed by atoms with Gasteiger partial charge in [-0.05, 0) is 73.6 Å². The summed E-state index contributed by atoms with van der Waals surface area (Å²) >= 11 is 0. The highest BCUT2D eigenvalue weighted by atomic mass is 32.2. The predicted octanol–water partition coefficient (Wildman–Crippen LogP) is 3.04. The van der Waals surface area contributed by atoms with Crippen molar-refractivity contribution < 1.29 is 17.6 Å². The molecule has 28 heavy (non-hydrogen) atoms. The molecule has 0 bridgehead atoms. The lowest BCUT2D eigenvalue weighted by Gasteiger charge is -2.17. The van der Waals surface area contributed by atoms with Crippen LogP contribution in [0.2, 0.25) is 0 Å². The Hall–Kier alpha value is -2.25. The molecule has 1 fully saturated rings. The van der Waals surface area contributed by atoms with Crippen LogP contribution in [0.4, 0.5) is 10.1 Å². The van der Waals surface area contributed by atoms with Gasteiger partial charge >= 0.3 is 0 Å². The SMILES string of the molecule is O=C(C1CC1)N1CCc2cc(S(=O)(=O)NCCCc3ccc(F)cc3)ccc21. The minimum Gasteiger partial charge on any atom is -0.312 e. The zero-order chi connectivity index (χ0) is 19.7. The van der Waals surface area contributed by atoms with Gasteiger partial charge in [-0.1, -0.05) is 12.1 Å². The number of anilines is 1. The molecule has 0 saturated heterocycles. The third-order valence-electron chi connectivity index (χ3n) is 5.30. The van der Waals surface area contributed by atoms with E-state index in [1.165, 1.54) is 12.1 Å². The quantitative estimate of drug-likeness (QED) is 0.724. The second-order valence-electron chi connectivity index (χ2n) is 7.43. The molecule has 2 aromatic carbocycles. The van der Waals surface area contributed by atoms with Gasteiger partial charge in [-0.2, -0.15) is 0 Å². The first kappa shape index (κ1) is 19.1. The lowest BCUT2D eigenvalue weighted by Crippen LogP contribution is -2.30. The summed E-state index contributed by atoms with van der Waals surface area (Å²) in [5.41, 5.74) is 2.72. The Labute approximate surface area is 164 Å². The standard InChI is InChI=1S/C21H23FN2O3S/c22-18-7-3-15(4-8-18)2-1-12-23-28(26,27)19-9-10-20-17(14-19)11-13-24(20)21(25)16-5-6-16/h3-4,7-10,14,16,23H,1-2,5-6,11-13H2. The number of halogens is 1. The van der Waals surface area contributed by atoms with E-state index in [1.807, 2.05) is 0 Å². The van der Waals surface area contributed by atoms with E-state index in [0.717, 1.165) is 29.7 Å².